The van der Waals surface area contributed by atoms with Crippen molar-refractivity contribution in [3.05, 3.63) is 88.9 Å². The number of amides is 1. The van der Waals surface area contributed by atoms with Gasteiger partial charge in [0.1, 0.15) is 17.4 Å². The van der Waals surface area contributed by atoms with Gasteiger partial charge in [0.2, 0.25) is 0 Å². The van der Waals surface area contributed by atoms with Crippen LogP contribution >= 0.6 is 0 Å². The summed E-state index contributed by atoms with van der Waals surface area (Å²) in [4.78, 5) is 36.8. The van der Waals surface area contributed by atoms with E-state index in [1.165, 1.54) is 18.2 Å². The molecule has 2 aromatic heterocycles. The Morgan fingerprint density at radius 2 is 1.91 bits per heavy atom. The second kappa shape index (κ2) is 9.03. The number of nitrogens with zero attached hydrogens (tertiary/aromatic N) is 5. The Labute approximate surface area is 202 Å². The van der Waals surface area contributed by atoms with Gasteiger partial charge in [-0.25, -0.2) is 14.8 Å². The van der Waals surface area contributed by atoms with Crippen molar-refractivity contribution < 1.29 is 14.3 Å². The number of para-hydroxylation sites is 1. The van der Waals surface area contributed by atoms with Crippen LogP contribution < -0.4 is 4.90 Å². The van der Waals surface area contributed by atoms with Crippen molar-refractivity contribution in [1.82, 2.24) is 14.5 Å². The summed E-state index contributed by atoms with van der Waals surface area (Å²) >= 11 is 0. The predicted octanol–water partition coefficient (Wildman–Crippen LogP) is 3.37. The van der Waals surface area contributed by atoms with Crippen LogP contribution in [-0.4, -0.2) is 39.6 Å². The van der Waals surface area contributed by atoms with Crippen LogP contribution in [0.25, 0.3) is 11.2 Å². The fraction of sp³-hybridized carbons (Fsp3) is 0.222. The SMILES string of the molecule is COC(=O)C1Cc2ccccc2N1C(=O)c1cnc2c(c1)nc(CCc1ccc(C#N)cc1)n2C. The molecule has 4 aromatic rings. The number of aromatic nitrogens is 3. The molecule has 1 aliphatic rings. The maximum Gasteiger partial charge on any atom is 0.329 e. The van der Waals surface area contributed by atoms with Gasteiger partial charge in [0.05, 0.1) is 24.3 Å². The molecule has 1 amide bonds. The average molecular weight is 466 g/mol. The highest BCUT2D eigenvalue weighted by Gasteiger charge is 2.39. The number of nitriles is 1. The number of ether oxygens (including phenoxy) is 1. The van der Waals surface area contributed by atoms with Gasteiger partial charge >= 0.3 is 5.97 Å². The number of esters is 1. The fourth-order valence-electron chi connectivity index (χ4n) is 4.57. The Bertz CT molecular complexity index is 1480. The van der Waals surface area contributed by atoms with Crippen LogP contribution in [0.4, 0.5) is 5.69 Å². The molecule has 0 aliphatic carbocycles. The lowest BCUT2D eigenvalue weighted by Gasteiger charge is -2.23. The number of fused-ring (bicyclic) bond motifs is 2. The smallest absolute Gasteiger partial charge is 0.329 e. The zero-order valence-electron chi connectivity index (χ0n) is 19.4. The molecule has 35 heavy (non-hydrogen) atoms. The van der Waals surface area contributed by atoms with E-state index >= 15 is 0 Å². The van der Waals surface area contributed by atoms with Crippen molar-refractivity contribution in [2.45, 2.75) is 25.3 Å². The molecule has 1 unspecified atom stereocenters. The maximum atomic E-state index is 13.6. The molecule has 0 saturated heterocycles. The van der Waals surface area contributed by atoms with E-state index in [4.69, 9.17) is 15.0 Å². The van der Waals surface area contributed by atoms with Crippen LogP contribution in [0.5, 0.6) is 0 Å². The Kier molecular flexibility index (Phi) is 5.75. The molecular weight excluding hydrogens is 442 g/mol. The molecule has 1 atom stereocenters. The molecule has 2 aromatic carbocycles. The summed E-state index contributed by atoms with van der Waals surface area (Å²) in [6.45, 7) is 0. The number of rotatable bonds is 5. The van der Waals surface area contributed by atoms with Crippen molar-refractivity contribution in [1.29, 1.82) is 5.26 Å². The molecule has 8 nitrogen and oxygen atoms in total. The quantitative estimate of drug-likeness (QED) is 0.419. The number of hydrogen-bond acceptors (Lipinski definition) is 6. The number of benzene rings is 2. The molecule has 8 heteroatoms. The normalized spacial score (nSPS) is 14.5. The predicted molar refractivity (Wildman–Crippen MR) is 130 cm³/mol. The highest BCUT2D eigenvalue weighted by molar-refractivity contribution is 6.11. The van der Waals surface area contributed by atoms with Crippen LogP contribution in [0.1, 0.15) is 32.9 Å². The number of carbonyl (C=O) groups is 2. The van der Waals surface area contributed by atoms with Crippen LogP contribution in [0.2, 0.25) is 0 Å². The molecule has 1 aliphatic heterocycles. The number of aryl methyl sites for hydroxylation is 3. The average Bonchev–Trinajstić information content (AvgIpc) is 3.44. The van der Waals surface area contributed by atoms with Crippen molar-refractivity contribution >= 4 is 28.7 Å². The Morgan fingerprint density at radius 3 is 2.66 bits per heavy atom. The minimum absolute atomic E-state index is 0.315. The van der Waals surface area contributed by atoms with E-state index in [0.717, 1.165) is 23.4 Å². The third kappa shape index (κ3) is 4.02. The van der Waals surface area contributed by atoms with Gasteiger partial charge in [0.25, 0.3) is 5.91 Å². The first kappa shape index (κ1) is 22.3. The summed E-state index contributed by atoms with van der Waals surface area (Å²) in [6, 6.07) is 18.1. The lowest BCUT2D eigenvalue weighted by atomic mass is 10.1. The van der Waals surface area contributed by atoms with Crippen LogP contribution in [0, 0.1) is 11.3 Å². The van der Waals surface area contributed by atoms with Gasteiger partial charge in [0.15, 0.2) is 5.65 Å². The molecule has 0 spiro atoms. The summed E-state index contributed by atoms with van der Waals surface area (Å²) in [7, 11) is 3.23. The van der Waals surface area contributed by atoms with Gasteiger partial charge in [0, 0.05) is 31.8 Å². The van der Waals surface area contributed by atoms with Gasteiger partial charge in [-0.1, -0.05) is 30.3 Å². The minimum Gasteiger partial charge on any atom is -0.467 e. The second-order valence-electron chi connectivity index (χ2n) is 8.51. The first-order valence-electron chi connectivity index (χ1n) is 11.3. The zero-order valence-corrected chi connectivity index (χ0v) is 19.4. The van der Waals surface area contributed by atoms with E-state index in [-0.39, 0.29) is 5.91 Å². The molecule has 0 bridgehead atoms. The second-order valence-corrected chi connectivity index (χ2v) is 8.51. The number of hydrogen-bond donors (Lipinski definition) is 0. The van der Waals surface area contributed by atoms with Crippen molar-refractivity contribution in [2.75, 3.05) is 12.0 Å². The summed E-state index contributed by atoms with van der Waals surface area (Å²) in [5.74, 6) is 0.0801. The minimum atomic E-state index is -0.715. The lowest BCUT2D eigenvalue weighted by molar-refractivity contribution is -0.141. The Balaban J connectivity index is 1.42. The van der Waals surface area contributed by atoms with Gasteiger partial charge in [-0.3, -0.25) is 9.69 Å². The van der Waals surface area contributed by atoms with Gasteiger partial charge in [-0.15, -0.1) is 0 Å². The number of methoxy groups -OCH3 is 1. The number of anilines is 1. The van der Waals surface area contributed by atoms with Crippen molar-refractivity contribution in [2.24, 2.45) is 7.05 Å². The van der Waals surface area contributed by atoms with Crippen LogP contribution in [0.3, 0.4) is 0 Å². The van der Waals surface area contributed by atoms with Gasteiger partial charge in [-0.2, -0.15) is 5.26 Å². The largest absolute Gasteiger partial charge is 0.467 e. The number of pyridine rings is 1. The van der Waals surface area contributed by atoms with E-state index in [1.807, 2.05) is 60.1 Å². The fourth-order valence-corrected chi connectivity index (χ4v) is 4.57. The first-order chi connectivity index (χ1) is 17.0. The number of carbonyl (C=O) groups excluding carboxylic acids is 2. The standard InChI is InChI=1S/C27H23N5O3/c1-31-24(12-11-17-7-9-18(15-28)10-8-17)30-21-13-20(16-29-25(21)31)26(33)32-22-6-4-3-5-19(22)14-23(32)27(34)35-2/h3-10,13,16,23H,11-12,14H2,1-2H3. The molecule has 3 heterocycles. The van der Waals surface area contributed by atoms with Crippen molar-refractivity contribution in [3.63, 3.8) is 0 Å². The molecular formula is C27H23N5O3. The third-order valence-electron chi connectivity index (χ3n) is 6.44. The summed E-state index contributed by atoms with van der Waals surface area (Å²) in [6.07, 6.45) is 3.39. The van der Waals surface area contributed by atoms with Gasteiger partial charge in [-0.05, 0) is 41.8 Å². The summed E-state index contributed by atoms with van der Waals surface area (Å²) in [5.41, 5.74) is 5.04. The third-order valence-corrected chi connectivity index (χ3v) is 6.44. The van der Waals surface area contributed by atoms with E-state index in [1.54, 1.807) is 6.07 Å². The van der Waals surface area contributed by atoms with Gasteiger partial charge < -0.3 is 9.30 Å². The first-order valence-corrected chi connectivity index (χ1v) is 11.3. The summed E-state index contributed by atoms with van der Waals surface area (Å²) < 4.78 is 6.89. The molecule has 174 valence electrons. The highest BCUT2D eigenvalue weighted by Crippen LogP contribution is 2.34. The number of imidazole rings is 1. The maximum absolute atomic E-state index is 13.6. The van der Waals surface area contributed by atoms with E-state index in [2.05, 4.69) is 11.1 Å². The molecule has 0 fully saturated rings. The van der Waals surface area contributed by atoms with E-state index in [0.29, 0.717) is 40.8 Å². The lowest BCUT2D eigenvalue weighted by Crippen LogP contribution is -2.43. The topological polar surface area (TPSA) is 101 Å². The van der Waals surface area contributed by atoms with Crippen molar-refractivity contribution in [3.8, 4) is 6.07 Å². The van der Waals surface area contributed by atoms with Crippen LogP contribution in [0.15, 0.2) is 60.8 Å². The molecule has 5 rings (SSSR count). The molecule has 0 saturated carbocycles. The molecule has 0 radical (unpaired) electrons. The Morgan fingerprint density at radius 1 is 1.14 bits per heavy atom. The highest BCUT2D eigenvalue weighted by atomic mass is 16.5. The molecule has 0 N–H and O–H groups in total. The summed E-state index contributed by atoms with van der Waals surface area (Å²) in [5, 5.41) is 8.97. The van der Waals surface area contributed by atoms with E-state index in [9.17, 15) is 9.59 Å². The zero-order chi connectivity index (χ0) is 24.5. The van der Waals surface area contributed by atoms with E-state index < -0.39 is 12.0 Å². The monoisotopic (exact) mass is 465 g/mol. The van der Waals surface area contributed by atoms with Crippen LogP contribution in [-0.2, 0) is 35.8 Å². The Hall–Kier alpha value is -4.51.